The zero-order valence-electron chi connectivity index (χ0n) is 25.6. The van der Waals surface area contributed by atoms with Gasteiger partial charge in [0.25, 0.3) is 0 Å². The fraction of sp³-hybridized carbons (Fsp3) is 0.882. The molecule has 0 spiro atoms. The summed E-state index contributed by atoms with van der Waals surface area (Å²) in [7, 11) is 0. The summed E-state index contributed by atoms with van der Waals surface area (Å²) in [6.07, 6.45) is 36.5. The Morgan fingerprint density at radius 2 is 0.676 bits per heavy atom. The molecule has 0 amide bonds. The minimum absolute atomic E-state index is 0.447. The lowest BCUT2D eigenvalue weighted by Crippen LogP contribution is -2.14. The molecule has 0 heterocycles. The molecule has 0 aliphatic heterocycles. The van der Waals surface area contributed by atoms with E-state index in [-0.39, 0.29) is 0 Å². The maximum atomic E-state index is 10.4. The van der Waals surface area contributed by atoms with Gasteiger partial charge in [0.2, 0.25) is 0 Å². The molecular weight excluding hydrogens is 454 g/mol. The van der Waals surface area contributed by atoms with E-state index in [0.29, 0.717) is 11.5 Å². The molecule has 0 bridgehead atoms. The number of nitrogens with zero attached hydrogens (tertiary/aromatic N) is 1. The van der Waals surface area contributed by atoms with Crippen molar-refractivity contribution in [2.75, 3.05) is 6.54 Å². The summed E-state index contributed by atoms with van der Waals surface area (Å²) in [6, 6.07) is 0. The Morgan fingerprint density at radius 3 is 1.00 bits per heavy atom. The lowest BCUT2D eigenvalue weighted by atomic mass is 10.0. The van der Waals surface area contributed by atoms with Crippen molar-refractivity contribution in [1.82, 2.24) is 4.90 Å². The van der Waals surface area contributed by atoms with Crippen LogP contribution < -0.4 is 0 Å². The minimum Gasteiger partial charge on any atom is -0.511 e. The quantitative estimate of drug-likeness (QED) is 0.0759. The van der Waals surface area contributed by atoms with Gasteiger partial charge in [0.15, 0.2) is 0 Å². The van der Waals surface area contributed by atoms with Crippen LogP contribution in [0.3, 0.4) is 0 Å². The molecule has 0 saturated heterocycles. The van der Waals surface area contributed by atoms with E-state index in [0.717, 1.165) is 38.6 Å². The van der Waals surface area contributed by atoms with E-state index in [2.05, 4.69) is 20.8 Å². The van der Waals surface area contributed by atoms with Crippen molar-refractivity contribution in [1.29, 1.82) is 0 Å². The number of allylic oxidation sites excluding steroid dienone is 2. The number of aliphatic hydroxyl groups is 2. The van der Waals surface area contributed by atoms with Crippen molar-refractivity contribution in [2.24, 2.45) is 0 Å². The van der Waals surface area contributed by atoms with E-state index in [1.54, 1.807) is 0 Å². The van der Waals surface area contributed by atoms with Crippen LogP contribution in [0.1, 0.15) is 188 Å². The maximum absolute atomic E-state index is 10.4. The molecule has 0 aliphatic carbocycles. The van der Waals surface area contributed by atoms with Crippen LogP contribution in [0.2, 0.25) is 0 Å². The largest absolute Gasteiger partial charge is 0.511 e. The van der Waals surface area contributed by atoms with Crippen LogP contribution in [-0.2, 0) is 0 Å². The number of unbranched alkanes of at least 4 members (excludes halogenated alkanes) is 21. The van der Waals surface area contributed by atoms with Crippen LogP contribution in [0.15, 0.2) is 23.9 Å². The highest BCUT2D eigenvalue weighted by Gasteiger charge is 2.04. The van der Waals surface area contributed by atoms with Crippen molar-refractivity contribution in [3.8, 4) is 0 Å². The molecule has 3 nitrogen and oxygen atoms in total. The first-order valence-corrected chi connectivity index (χ1v) is 16.7. The van der Waals surface area contributed by atoms with Gasteiger partial charge >= 0.3 is 0 Å². The Kier molecular flexibility index (Phi) is 28.5. The molecule has 0 fully saturated rings. The topological polar surface area (TPSA) is 43.7 Å². The third-order valence-corrected chi connectivity index (χ3v) is 7.47. The van der Waals surface area contributed by atoms with Gasteiger partial charge in [0, 0.05) is 31.8 Å². The molecule has 0 unspecified atom stereocenters. The zero-order chi connectivity index (χ0) is 27.2. The first-order valence-electron chi connectivity index (χ1n) is 16.7. The van der Waals surface area contributed by atoms with Gasteiger partial charge in [-0.15, -0.1) is 0 Å². The summed E-state index contributed by atoms with van der Waals surface area (Å²) in [4.78, 5) is 2.04. The molecule has 0 atom stereocenters. The summed E-state index contributed by atoms with van der Waals surface area (Å²) in [5.74, 6) is 0.894. The van der Waals surface area contributed by atoms with Crippen molar-refractivity contribution in [2.45, 2.75) is 188 Å². The van der Waals surface area contributed by atoms with E-state index >= 15 is 0 Å². The monoisotopic (exact) mass is 522 g/mol. The number of rotatable bonds is 29. The van der Waals surface area contributed by atoms with E-state index in [1.807, 2.05) is 17.3 Å². The average Bonchev–Trinajstić information content (AvgIpc) is 2.88. The summed E-state index contributed by atoms with van der Waals surface area (Å²) >= 11 is 0. The molecule has 220 valence electrons. The van der Waals surface area contributed by atoms with Crippen LogP contribution in [0.5, 0.6) is 0 Å². The Hall–Kier alpha value is -1.12. The molecule has 0 aromatic heterocycles. The second-order valence-corrected chi connectivity index (χ2v) is 11.4. The molecule has 3 heteroatoms. The fourth-order valence-corrected chi connectivity index (χ4v) is 4.99. The molecule has 37 heavy (non-hydrogen) atoms. The number of hydrogen-bond acceptors (Lipinski definition) is 3. The lowest BCUT2D eigenvalue weighted by molar-refractivity contribution is 0.334. The third kappa shape index (κ3) is 27.7. The van der Waals surface area contributed by atoms with E-state index in [4.69, 9.17) is 0 Å². The summed E-state index contributed by atoms with van der Waals surface area (Å²) in [5, 5.41) is 20.8. The van der Waals surface area contributed by atoms with E-state index in [9.17, 15) is 10.2 Å². The molecular formula is C34H67NO2. The van der Waals surface area contributed by atoms with Gasteiger partial charge in [-0.2, -0.15) is 0 Å². The highest BCUT2D eigenvalue weighted by Crippen LogP contribution is 2.16. The minimum atomic E-state index is 0.447. The van der Waals surface area contributed by atoms with Gasteiger partial charge in [-0.25, -0.2) is 0 Å². The SMILES string of the molecule is CCCCCCCCCCCCCCCCCCN(C=C(O)CCCCCC)C=C(O)CCCCCC. The highest BCUT2D eigenvalue weighted by atomic mass is 16.3. The predicted molar refractivity (Wildman–Crippen MR) is 165 cm³/mol. The van der Waals surface area contributed by atoms with Crippen molar-refractivity contribution in [3.63, 3.8) is 0 Å². The molecule has 0 rings (SSSR count). The molecule has 2 N–H and O–H groups in total. The fourth-order valence-electron chi connectivity index (χ4n) is 4.99. The van der Waals surface area contributed by atoms with Gasteiger partial charge in [0.05, 0.1) is 0 Å². The molecule has 0 aromatic rings. The van der Waals surface area contributed by atoms with Gasteiger partial charge in [0.1, 0.15) is 11.5 Å². The molecule has 0 aromatic carbocycles. The van der Waals surface area contributed by atoms with Gasteiger partial charge in [-0.3, -0.25) is 0 Å². The standard InChI is InChI=1S/C34H67NO2/c1-4-7-10-13-14-15-16-17-18-19-20-21-22-23-24-27-30-35(31-33(36)28-25-11-8-5-2)32-34(37)29-26-12-9-6-3/h31-32,36-37H,4-30H2,1-3H3. The second-order valence-electron chi connectivity index (χ2n) is 11.4. The predicted octanol–water partition coefficient (Wildman–Crippen LogP) is 12.3. The molecule has 0 saturated carbocycles. The van der Waals surface area contributed by atoms with Gasteiger partial charge < -0.3 is 15.1 Å². The highest BCUT2D eigenvalue weighted by molar-refractivity contribution is 4.99. The van der Waals surface area contributed by atoms with E-state index in [1.165, 1.54) is 135 Å². The summed E-state index contributed by atoms with van der Waals surface area (Å²) in [5.41, 5.74) is 0. The third-order valence-electron chi connectivity index (χ3n) is 7.47. The Balaban J connectivity index is 4.05. The zero-order valence-corrected chi connectivity index (χ0v) is 25.6. The Bertz CT molecular complexity index is 486. The molecule has 0 radical (unpaired) electrons. The maximum Gasteiger partial charge on any atom is 0.108 e. The van der Waals surface area contributed by atoms with Crippen LogP contribution >= 0.6 is 0 Å². The lowest BCUT2D eigenvalue weighted by Gasteiger charge is -2.17. The first-order chi connectivity index (χ1) is 18.1. The van der Waals surface area contributed by atoms with Crippen LogP contribution in [0.4, 0.5) is 0 Å². The van der Waals surface area contributed by atoms with Crippen molar-refractivity contribution in [3.05, 3.63) is 23.9 Å². The normalized spacial score (nSPS) is 12.4. The van der Waals surface area contributed by atoms with Crippen LogP contribution in [0.25, 0.3) is 0 Å². The van der Waals surface area contributed by atoms with Crippen molar-refractivity contribution >= 4 is 0 Å². The first kappa shape index (κ1) is 35.9. The van der Waals surface area contributed by atoms with Gasteiger partial charge in [-0.05, 0) is 19.3 Å². The van der Waals surface area contributed by atoms with Crippen molar-refractivity contribution < 1.29 is 10.2 Å². The number of hydrogen-bond donors (Lipinski definition) is 2. The van der Waals surface area contributed by atoms with Crippen LogP contribution in [-0.4, -0.2) is 21.7 Å². The Morgan fingerprint density at radius 1 is 0.405 bits per heavy atom. The van der Waals surface area contributed by atoms with Crippen LogP contribution in [0, 0.1) is 0 Å². The number of aliphatic hydroxyl groups excluding tert-OH is 2. The smallest absolute Gasteiger partial charge is 0.108 e. The Labute approximate surface area is 233 Å². The summed E-state index contributed by atoms with van der Waals surface area (Å²) in [6.45, 7) is 7.58. The second kappa shape index (κ2) is 29.4. The molecule has 0 aliphatic rings. The summed E-state index contributed by atoms with van der Waals surface area (Å²) < 4.78 is 0. The average molecular weight is 522 g/mol. The van der Waals surface area contributed by atoms with E-state index < -0.39 is 0 Å². The van der Waals surface area contributed by atoms with Gasteiger partial charge in [-0.1, -0.05) is 156 Å².